The summed E-state index contributed by atoms with van der Waals surface area (Å²) in [6.07, 6.45) is 0.286. The Hall–Kier alpha value is -1.16. The second-order valence-electron chi connectivity index (χ2n) is 3.20. The largest absolute Gasteiger partial charge is 0.481 e. The Bertz CT molecular complexity index is 374. The quantitative estimate of drug-likeness (QED) is 0.894. The van der Waals surface area contributed by atoms with Crippen LogP contribution < -0.4 is 0 Å². The molecule has 0 radical (unpaired) electrons. The number of hydrogen-bond donors (Lipinski definition) is 1. The monoisotopic (exact) mass is 270 g/mol. The molecule has 1 N–H and O–H groups in total. The summed E-state index contributed by atoms with van der Waals surface area (Å²) in [6.45, 7) is 0. The molecule has 0 aliphatic carbocycles. The number of carboxylic acids is 1. The summed E-state index contributed by atoms with van der Waals surface area (Å²) < 4.78 is 0.883. The van der Waals surface area contributed by atoms with Gasteiger partial charge in [-0.15, -0.1) is 0 Å². The minimum absolute atomic E-state index is 0.0516. The first-order chi connectivity index (χ1) is 7.09. The summed E-state index contributed by atoms with van der Waals surface area (Å²) in [5, 5.41) is 8.42. The third-order valence-corrected chi connectivity index (χ3v) is 2.74. The van der Waals surface area contributed by atoms with E-state index in [1.165, 1.54) is 0 Å². The molecule has 0 saturated heterocycles. The van der Waals surface area contributed by atoms with E-state index in [2.05, 4.69) is 15.9 Å². The fourth-order valence-corrected chi connectivity index (χ4v) is 1.61. The van der Waals surface area contributed by atoms with E-state index in [-0.39, 0.29) is 25.0 Å². The zero-order valence-corrected chi connectivity index (χ0v) is 9.66. The molecule has 0 aromatic heterocycles. The van der Waals surface area contributed by atoms with Crippen molar-refractivity contribution >= 4 is 27.7 Å². The maximum atomic E-state index is 11.4. The fraction of sp³-hybridized carbons (Fsp3) is 0.273. The summed E-state index contributed by atoms with van der Waals surface area (Å²) >= 11 is 3.34. The van der Waals surface area contributed by atoms with Crippen molar-refractivity contribution in [3.8, 4) is 0 Å². The molecule has 1 aromatic rings. The van der Waals surface area contributed by atoms with Gasteiger partial charge in [-0.25, -0.2) is 0 Å². The van der Waals surface area contributed by atoms with Crippen molar-refractivity contribution in [3.05, 3.63) is 34.3 Å². The number of carbonyl (C=O) groups excluding carboxylic acids is 1. The Labute approximate surface area is 96.2 Å². The highest BCUT2D eigenvalue weighted by atomic mass is 79.9. The standard InChI is InChI=1S/C11H11BrO3/c12-10-4-2-1-3-8(10)7-9(13)5-6-11(14)15/h1-4H,5-7H2,(H,14,15). The van der Waals surface area contributed by atoms with E-state index < -0.39 is 5.97 Å². The molecule has 0 atom stereocenters. The van der Waals surface area contributed by atoms with Gasteiger partial charge in [0.15, 0.2) is 0 Å². The number of hydrogen-bond acceptors (Lipinski definition) is 2. The van der Waals surface area contributed by atoms with E-state index in [9.17, 15) is 9.59 Å². The van der Waals surface area contributed by atoms with Gasteiger partial charge in [-0.2, -0.15) is 0 Å². The van der Waals surface area contributed by atoms with Gasteiger partial charge in [-0.05, 0) is 11.6 Å². The van der Waals surface area contributed by atoms with Crippen molar-refractivity contribution in [2.75, 3.05) is 0 Å². The van der Waals surface area contributed by atoms with Crippen molar-refractivity contribution in [2.45, 2.75) is 19.3 Å². The number of carboxylic acid groups (broad SMARTS) is 1. The lowest BCUT2D eigenvalue weighted by molar-refractivity contribution is -0.138. The lowest BCUT2D eigenvalue weighted by atomic mass is 10.1. The van der Waals surface area contributed by atoms with E-state index in [0.717, 1.165) is 10.0 Å². The Morgan fingerprint density at radius 1 is 1.20 bits per heavy atom. The lowest BCUT2D eigenvalue weighted by Gasteiger charge is -2.02. The number of Topliss-reactive ketones (excluding diaryl/α,β-unsaturated/α-hetero) is 1. The molecule has 0 bridgehead atoms. The van der Waals surface area contributed by atoms with Crippen LogP contribution >= 0.6 is 15.9 Å². The summed E-state index contributed by atoms with van der Waals surface area (Å²) in [5.74, 6) is -0.986. The molecule has 0 heterocycles. The van der Waals surface area contributed by atoms with Crippen molar-refractivity contribution in [1.82, 2.24) is 0 Å². The average molecular weight is 271 g/mol. The minimum Gasteiger partial charge on any atom is -0.481 e. The molecule has 0 fully saturated rings. The van der Waals surface area contributed by atoms with Crippen molar-refractivity contribution in [2.24, 2.45) is 0 Å². The Balaban J connectivity index is 2.52. The smallest absolute Gasteiger partial charge is 0.303 e. The molecule has 0 saturated carbocycles. The van der Waals surface area contributed by atoms with E-state index in [4.69, 9.17) is 5.11 Å². The molecule has 0 amide bonds. The van der Waals surface area contributed by atoms with Crippen LogP contribution in [0.15, 0.2) is 28.7 Å². The summed E-state index contributed by atoms with van der Waals surface area (Å²) in [4.78, 5) is 21.6. The average Bonchev–Trinajstić information content (AvgIpc) is 2.18. The summed E-state index contributed by atoms with van der Waals surface area (Å²) in [5.41, 5.74) is 0.896. The molecule has 4 heteroatoms. The maximum absolute atomic E-state index is 11.4. The number of rotatable bonds is 5. The van der Waals surface area contributed by atoms with Crippen molar-refractivity contribution in [1.29, 1.82) is 0 Å². The molecule has 80 valence electrons. The number of benzene rings is 1. The van der Waals surface area contributed by atoms with Crippen LogP contribution in [0.4, 0.5) is 0 Å². The number of aliphatic carboxylic acids is 1. The predicted molar refractivity (Wildman–Crippen MR) is 59.7 cm³/mol. The van der Waals surface area contributed by atoms with Crippen LogP contribution in [-0.4, -0.2) is 16.9 Å². The first-order valence-corrected chi connectivity index (χ1v) is 5.36. The highest BCUT2D eigenvalue weighted by Gasteiger charge is 2.08. The van der Waals surface area contributed by atoms with Gasteiger partial charge < -0.3 is 5.11 Å². The van der Waals surface area contributed by atoms with E-state index >= 15 is 0 Å². The highest BCUT2D eigenvalue weighted by Crippen LogP contribution is 2.17. The molecule has 0 unspecified atom stereocenters. The van der Waals surface area contributed by atoms with Crippen LogP contribution in [0.3, 0.4) is 0 Å². The normalized spacial score (nSPS) is 9.93. The molecule has 1 aromatic carbocycles. The van der Waals surface area contributed by atoms with E-state index in [1.807, 2.05) is 24.3 Å². The fourth-order valence-electron chi connectivity index (χ4n) is 1.19. The first kappa shape index (κ1) is 11.9. The molecule has 15 heavy (non-hydrogen) atoms. The topological polar surface area (TPSA) is 54.4 Å². The number of halogens is 1. The van der Waals surface area contributed by atoms with Crippen LogP contribution in [0.2, 0.25) is 0 Å². The van der Waals surface area contributed by atoms with Gasteiger partial charge in [0.05, 0.1) is 6.42 Å². The molecule has 0 spiro atoms. The van der Waals surface area contributed by atoms with Crippen LogP contribution in [0.25, 0.3) is 0 Å². The number of carbonyl (C=O) groups is 2. The van der Waals surface area contributed by atoms with Crippen LogP contribution in [0.5, 0.6) is 0 Å². The first-order valence-electron chi connectivity index (χ1n) is 4.56. The second kappa shape index (κ2) is 5.66. The molecular formula is C11H11BrO3. The molecular weight excluding hydrogens is 260 g/mol. The molecule has 3 nitrogen and oxygen atoms in total. The predicted octanol–water partition coefficient (Wildman–Crippen LogP) is 2.43. The minimum atomic E-state index is -0.935. The lowest BCUT2D eigenvalue weighted by Crippen LogP contribution is -2.06. The molecule has 0 aliphatic rings. The van der Waals surface area contributed by atoms with E-state index in [1.54, 1.807) is 0 Å². The van der Waals surface area contributed by atoms with Crippen LogP contribution in [0, 0.1) is 0 Å². The van der Waals surface area contributed by atoms with Gasteiger partial charge in [-0.3, -0.25) is 9.59 Å². The zero-order chi connectivity index (χ0) is 11.3. The Morgan fingerprint density at radius 3 is 2.47 bits per heavy atom. The third-order valence-electron chi connectivity index (χ3n) is 1.96. The van der Waals surface area contributed by atoms with Crippen molar-refractivity contribution in [3.63, 3.8) is 0 Å². The van der Waals surface area contributed by atoms with Gasteiger partial charge in [-0.1, -0.05) is 34.1 Å². The van der Waals surface area contributed by atoms with Crippen molar-refractivity contribution < 1.29 is 14.7 Å². The third kappa shape index (κ3) is 4.25. The zero-order valence-electron chi connectivity index (χ0n) is 8.07. The van der Waals surface area contributed by atoms with Crippen LogP contribution in [-0.2, 0) is 16.0 Å². The molecule has 0 aliphatic heterocycles. The maximum Gasteiger partial charge on any atom is 0.303 e. The Morgan fingerprint density at radius 2 is 1.87 bits per heavy atom. The van der Waals surface area contributed by atoms with Gasteiger partial charge >= 0.3 is 5.97 Å². The van der Waals surface area contributed by atoms with E-state index in [0.29, 0.717) is 0 Å². The number of ketones is 1. The Kier molecular flexibility index (Phi) is 4.49. The van der Waals surface area contributed by atoms with Gasteiger partial charge in [0.25, 0.3) is 0 Å². The highest BCUT2D eigenvalue weighted by molar-refractivity contribution is 9.10. The summed E-state index contributed by atoms with van der Waals surface area (Å²) in [6, 6.07) is 7.43. The summed E-state index contributed by atoms with van der Waals surface area (Å²) in [7, 11) is 0. The van der Waals surface area contributed by atoms with Gasteiger partial charge in [0.1, 0.15) is 5.78 Å². The van der Waals surface area contributed by atoms with Gasteiger partial charge in [0.2, 0.25) is 0 Å². The van der Waals surface area contributed by atoms with Gasteiger partial charge in [0, 0.05) is 17.3 Å². The SMILES string of the molecule is O=C(O)CCC(=O)Cc1ccccc1Br. The molecule has 1 rings (SSSR count). The second-order valence-corrected chi connectivity index (χ2v) is 4.05. The van der Waals surface area contributed by atoms with Crippen LogP contribution in [0.1, 0.15) is 18.4 Å².